The van der Waals surface area contributed by atoms with Crippen molar-refractivity contribution in [2.75, 3.05) is 0 Å². The molecule has 46 heavy (non-hydrogen) atoms. The molecule has 0 heterocycles. The van der Waals surface area contributed by atoms with Gasteiger partial charge in [-0.3, -0.25) is 6.08 Å². The van der Waals surface area contributed by atoms with E-state index in [-0.39, 0.29) is 41.1 Å². The van der Waals surface area contributed by atoms with Crippen LogP contribution in [-0.2, 0) is 53.3 Å². The summed E-state index contributed by atoms with van der Waals surface area (Å²) in [5, 5.41) is 0. The molecule has 0 aliphatic heterocycles. The Morgan fingerprint density at radius 3 is 1.80 bits per heavy atom. The van der Waals surface area contributed by atoms with Crippen LogP contribution >= 0.6 is 0 Å². The fraction of sp³-hybridized carbons (Fsp3) is 0.326. The van der Waals surface area contributed by atoms with Crippen molar-refractivity contribution in [3.8, 4) is 11.1 Å². The zero-order valence-corrected chi connectivity index (χ0v) is 32.7. The average molecular weight is 727 g/mol. The van der Waals surface area contributed by atoms with Crippen LogP contribution in [0.15, 0.2) is 109 Å². The van der Waals surface area contributed by atoms with Crippen LogP contribution in [0.2, 0.25) is 0 Å². The Morgan fingerprint density at radius 1 is 0.696 bits per heavy atom. The maximum Gasteiger partial charge on any atom is -0.109 e. The van der Waals surface area contributed by atoms with Crippen molar-refractivity contribution in [2.45, 2.75) is 90.9 Å². The molecule has 6 rings (SSSR count). The van der Waals surface area contributed by atoms with Crippen molar-refractivity contribution in [1.29, 1.82) is 0 Å². The van der Waals surface area contributed by atoms with Crippen LogP contribution in [0.1, 0.15) is 95.2 Å². The Morgan fingerprint density at radius 2 is 1.28 bits per heavy atom. The largest absolute Gasteiger partial charge is 1.00 e. The third-order valence-electron chi connectivity index (χ3n) is 8.59. The predicted molar refractivity (Wildman–Crippen MR) is 187 cm³/mol. The minimum absolute atomic E-state index is 0. The van der Waals surface area contributed by atoms with Crippen LogP contribution in [0.5, 0.6) is 0 Å². The van der Waals surface area contributed by atoms with Gasteiger partial charge in [0.2, 0.25) is 0 Å². The summed E-state index contributed by atoms with van der Waals surface area (Å²) in [6.45, 7) is 18.3. The first-order valence-electron chi connectivity index (χ1n) is 15.8. The number of allylic oxidation sites excluding steroid dienone is 4. The van der Waals surface area contributed by atoms with Crippen LogP contribution in [-0.4, -0.2) is 3.21 Å². The van der Waals surface area contributed by atoms with Crippen molar-refractivity contribution in [1.82, 2.24) is 0 Å². The van der Waals surface area contributed by atoms with Crippen LogP contribution < -0.4 is 24.8 Å². The van der Waals surface area contributed by atoms with E-state index in [1.165, 1.54) is 68.7 Å². The van der Waals surface area contributed by atoms with Gasteiger partial charge in [-0.05, 0) is 17.4 Å². The average Bonchev–Trinajstić information content (AvgIpc) is 3.69. The van der Waals surface area contributed by atoms with Gasteiger partial charge < -0.3 is 24.8 Å². The van der Waals surface area contributed by atoms with E-state index in [0.29, 0.717) is 0 Å². The summed E-state index contributed by atoms with van der Waals surface area (Å²) in [6.07, 6.45) is 12.1. The topological polar surface area (TPSA) is 0 Å². The molecule has 0 saturated heterocycles. The summed E-state index contributed by atoms with van der Waals surface area (Å²) in [7, 11) is 0. The van der Waals surface area contributed by atoms with E-state index in [2.05, 4.69) is 165 Å². The standard InChI is InChI=1S/C21H25.C17H18.C5H5.2ClH.Zr/c1-20(2,3)16-9-7-14-11-15-8-10-17(21(4,5)6)13-19(15)18(14)12-16;1-17(2,16-11-7-4-8-12-16)14-13-15-9-5-3-6-10-15;1-2-4-5-3-1;;;/h7,9-10,12-13H,11H2,1-6H3;3-12H,13H2,1-2H3;1-3H,4H2;2*1H;/q-1;;-1;;;+2/p-2. The van der Waals surface area contributed by atoms with Crippen LogP contribution in [0, 0.1) is 12.1 Å². The summed E-state index contributed by atoms with van der Waals surface area (Å²) in [5.74, 6) is 0. The summed E-state index contributed by atoms with van der Waals surface area (Å²) < 4.78 is 1.59. The molecular formula is C43H48Cl2Zr-2. The van der Waals surface area contributed by atoms with Gasteiger partial charge in [-0.25, -0.2) is 12.2 Å². The van der Waals surface area contributed by atoms with E-state index < -0.39 is 0 Å². The van der Waals surface area contributed by atoms with Crippen molar-refractivity contribution in [3.05, 3.63) is 155 Å². The Balaban J connectivity index is 0.000000270. The first kappa shape index (κ1) is 39.9. The second kappa shape index (κ2) is 17.2. The first-order chi connectivity index (χ1) is 20.8. The second-order valence-corrected chi connectivity index (χ2v) is 15.9. The van der Waals surface area contributed by atoms with Crippen molar-refractivity contribution >= 4 is 3.21 Å². The third kappa shape index (κ3) is 10.6. The fourth-order valence-electron chi connectivity index (χ4n) is 5.37. The smallest absolute Gasteiger partial charge is 0.109 e. The quantitative estimate of drug-likeness (QED) is 0.232. The van der Waals surface area contributed by atoms with Gasteiger partial charge in [0.15, 0.2) is 0 Å². The van der Waals surface area contributed by atoms with E-state index in [1.54, 1.807) is 3.21 Å². The summed E-state index contributed by atoms with van der Waals surface area (Å²) in [5.41, 5.74) is 11.7. The maximum atomic E-state index is 3.53. The molecular weight excluding hydrogens is 679 g/mol. The summed E-state index contributed by atoms with van der Waals surface area (Å²) in [4.78, 5) is 0. The SMILES string of the molecule is CC(C)(C)c1c[c-]c2c(c1)-c1cc(C(C)(C)C)ccc1C2.CC(C)([C](=[Zr+2])Cc1ccccc1)c1ccccc1.[C-]1=CC=CC1.[Cl-].[Cl-]. The Bertz CT molecular complexity index is 1540. The van der Waals surface area contributed by atoms with Crippen molar-refractivity contribution in [2.24, 2.45) is 0 Å². The Hall–Kier alpha value is -2.31. The predicted octanol–water partition coefficient (Wildman–Crippen LogP) is 4.89. The fourth-order valence-corrected chi connectivity index (χ4v) is 6.23. The molecule has 0 atom stereocenters. The number of benzene rings is 4. The molecule has 0 saturated carbocycles. The zero-order chi connectivity index (χ0) is 32.0. The molecule has 0 bridgehead atoms. The summed E-state index contributed by atoms with van der Waals surface area (Å²) >= 11 is 1.53. The molecule has 0 fully saturated rings. The number of halogens is 2. The molecule has 0 aromatic heterocycles. The van der Waals surface area contributed by atoms with Gasteiger partial charge in [0.25, 0.3) is 0 Å². The molecule has 3 heteroatoms. The first-order valence-corrected chi connectivity index (χ1v) is 17.1. The number of rotatable bonds is 4. The van der Waals surface area contributed by atoms with Gasteiger partial charge in [0.1, 0.15) is 0 Å². The number of hydrogen-bond donors (Lipinski definition) is 0. The van der Waals surface area contributed by atoms with Crippen molar-refractivity contribution in [3.63, 3.8) is 0 Å². The third-order valence-corrected chi connectivity index (χ3v) is 10.6. The van der Waals surface area contributed by atoms with Gasteiger partial charge in [-0.1, -0.05) is 76.3 Å². The van der Waals surface area contributed by atoms with Crippen LogP contribution in [0.3, 0.4) is 0 Å². The molecule has 4 aromatic rings. The monoisotopic (exact) mass is 724 g/mol. The van der Waals surface area contributed by atoms with E-state index in [4.69, 9.17) is 0 Å². The van der Waals surface area contributed by atoms with E-state index in [0.717, 1.165) is 19.3 Å². The molecule has 4 aromatic carbocycles. The molecule has 0 nitrogen and oxygen atoms in total. The van der Waals surface area contributed by atoms with Gasteiger partial charge in [-0.2, -0.15) is 35.4 Å². The Labute approximate surface area is 307 Å². The molecule has 2 aliphatic carbocycles. The normalized spacial score (nSPS) is 12.7. The molecule has 240 valence electrons. The van der Waals surface area contributed by atoms with Gasteiger partial charge in [-0.15, -0.1) is 12.0 Å². The van der Waals surface area contributed by atoms with E-state index >= 15 is 0 Å². The minimum Gasteiger partial charge on any atom is -1.00 e. The number of hydrogen-bond acceptors (Lipinski definition) is 0. The second-order valence-electron chi connectivity index (χ2n) is 14.5. The van der Waals surface area contributed by atoms with Crippen molar-refractivity contribution < 1.29 is 49.0 Å². The number of fused-ring (bicyclic) bond motifs is 3. The molecule has 0 N–H and O–H groups in total. The molecule has 2 aliphatic rings. The van der Waals surface area contributed by atoms with Gasteiger partial charge >= 0.3 is 125 Å². The molecule has 0 radical (unpaired) electrons. The van der Waals surface area contributed by atoms with Crippen LogP contribution in [0.4, 0.5) is 0 Å². The Kier molecular flexibility index (Phi) is 14.9. The molecule has 0 spiro atoms. The minimum atomic E-state index is 0. The van der Waals surface area contributed by atoms with Gasteiger partial charge in [0.05, 0.1) is 0 Å². The zero-order valence-electron chi connectivity index (χ0n) is 28.8. The van der Waals surface area contributed by atoms with Crippen LogP contribution in [0.25, 0.3) is 11.1 Å². The molecule has 0 amide bonds. The summed E-state index contributed by atoms with van der Waals surface area (Å²) in [6, 6.07) is 36.6. The van der Waals surface area contributed by atoms with E-state index in [1.807, 2.05) is 12.2 Å². The molecule has 0 unspecified atom stereocenters. The van der Waals surface area contributed by atoms with E-state index in [9.17, 15) is 0 Å². The maximum absolute atomic E-state index is 3.53. The van der Waals surface area contributed by atoms with Gasteiger partial charge in [0, 0.05) is 0 Å².